The van der Waals surface area contributed by atoms with Crippen molar-refractivity contribution in [3.63, 3.8) is 0 Å². The first-order valence-electron chi connectivity index (χ1n) is 27.8. The van der Waals surface area contributed by atoms with E-state index in [0.29, 0.717) is 6.42 Å². The Morgan fingerprint density at radius 2 is 0.703 bits per heavy atom. The average Bonchev–Trinajstić information content (AvgIpc) is 3.30. The van der Waals surface area contributed by atoms with Gasteiger partial charge in [-0.1, -0.05) is 266 Å². The van der Waals surface area contributed by atoms with Crippen LogP contribution in [0.3, 0.4) is 0 Å². The van der Waals surface area contributed by atoms with Crippen molar-refractivity contribution in [2.45, 2.75) is 283 Å². The van der Waals surface area contributed by atoms with Crippen LogP contribution in [0.4, 0.5) is 0 Å². The smallest absolute Gasteiger partial charge is 0.220 e. The zero-order valence-electron chi connectivity index (χ0n) is 42.5. The zero-order chi connectivity index (χ0) is 46.3. The number of nitrogens with one attached hydrogen (secondary N) is 1. The molecule has 0 fully saturated rings. The second-order valence-corrected chi connectivity index (χ2v) is 18.6. The third kappa shape index (κ3) is 50.6. The molecule has 370 valence electrons. The van der Waals surface area contributed by atoms with E-state index in [1.807, 2.05) is 6.08 Å². The lowest BCUT2D eigenvalue weighted by Gasteiger charge is -2.19. The van der Waals surface area contributed by atoms with Crippen LogP contribution in [0.25, 0.3) is 0 Å². The molecule has 1 amide bonds. The van der Waals surface area contributed by atoms with E-state index < -0.39 is 12.1 Å². The number of carbonyl (C=O) groups is 1. The highest BCUT2D eigenvalue weighted by Gasteiger charge is 2.17. The summed E-state index contributed by atoms with van der Waals surface area (Å²) in [6, 6.07) is -0.651. The van der Waals surface area contributed by atoms with Gasteiger partial charge in [0.15, 0.2) is 0 Å². The Hall–Kier alpha value is -2.43. The highest BCUT2D eigenvalue weighted by atomic mass is 16.3. The van der Waals surface area contributed by atoms with Gasteiger partial charge in [0.05, 0.1) is 18.8 Å². The summed E-state index contributed by atoms with van der Waals surface area (Å²) in [6.45, 7) is 4.20. The Morgan fingerprint density at radius 3 is 1.09 bits per heavy atom. The molecule has 2 atom stereocenters. The molecule has 0 aliphatic rings. The van der Waals surface area contributed by atoms with Gasteiger partial charge in [-0.2, -0.15) is 0 Å². The number of rotatable bonds is 50. The molecule has 0 radical (unpaired) electrons. The summed E-state index contributed by atoms with van der Waals surface area (Å²) in [6.07, 6.45) is 80.3. The van der Waals surface area contributed by atoms with Gasteiger partial charge in [0.2, 0.25) is 5.91 Å². The van der Waals surface area contributed by atoms with Crippen LogP contribution in [0, 0.1) is 0 Å². The first-order chi connectivity index (χ1) is 31.7. The molecule has 64 heavy (non-hydrogen) atoms. The largest absolute Gasteiger partial charge is 0.394 e. The molecular formula is C60H107NO3. The summed E-state index contributed by atoms with van der Waals surface area (Å²) in [4.78, 5) is 12.5. The standard InChI is InChI=1S/C60H107NO3/c1-3-5-7-9-11-13-15-17-19-21-23-25-27-29-30-32-34-36-38-40-42-44-46-48-50-52-54-56-60(64)61-58(57-62)59(63)55-53-51-49-47-45-43-41-39-37-35-33-31-28-26-24-22-20-18-16-14-12-10-8-6-4-2/h5,7,11,13,17,19,23,25,37,39,45,47,53,55,58-59,62-63H,3-4,6,8-10,12,14-16,18,20-22,24,26-36,38,40-44,46,48-52,54,56-57H2,1-2H3,(H,61,64)/b7-5-,13-11-,19-17-,25-23-,39-37+,47-45+,55-53+. The molecule has 4 heteroatoms. The van der Waals surface area contributed by atoms with E-state index in [0.717, 1.165) is 64.2 Å². The number of hydrogen-bond acceptors (Lipinski definition) is 3. The lowest BCUT2D eigenvalue weighted by Crippen LogP contribution is -2.45. The number of hydrogen-bond donors (Lipinski definition) is 3. The van der Waals surface area contributed by atoms with E-state index in [2.05, 4.69) is 92.1 Å². The van der Waals surface area contributed by atoms with Crippen LogP contribution in [-0.4, -0.2) is 34.9 Å². The average molecular weight is 891 g/mol. The van der Waals surface area contributed by atoms with Crippen LogP contribution >= 0.6 is 0 Å². The number of amides is 1. The maximum atomic E-state index is 12.5. The number of unbranched alkanes of at least 4 members (excludes halogenated alkanes) is 31. The highest BCUT2D eigenvalue weighted by Crippen LogP contribution is 2.16. The molecule has 3 N–H and O–H groups in total. The van der Waals surface area contributed by atoms with Crippen LogP contribution in [-0.2, 0) is 4.79 Å². The predicted octanol–water partition coefficient (Wildman–Crippen LogP) is 18.4. The van der Waals surface area contributed by atoms with Gasteiger partial charge in [0.25, 0.3) is 0 Å². The third-order valence-corrected chi connectivity index (χ3v) is 12.3. The summed E-state index contributed by atoms with van der Waals surface area (Å²) in [5.41, 5.74) is 0. The fraction of sp³-hybridized carbons (Fsp3) is 0.750. The van der Waals surface area contributed by atoms with Crippen molar-refractivity contribution in [3.05, 3.63) is 85.1 Å². The van der Waals surface area contributed by atoms with E-state index in [1.165, 1.54) is 186 Å². The molecule has 0 aromatic carbocycles. The Labute approximate surface area is 399 Å². The molecule has 0 saturated carbocycles. The SMILES string of the molecule is CC/C=C\C/C=C\C/C=C\C/C=C\CCCCCCCCCCCCCCCCC(=O)NC(CO)C(O)/C=C/CC/C=C/CC/C=C/CCCCCCCCCCCCCCCCC. The molecule has 0 aromatic heterocycles. The molecule has 0 spiro atoms. The van der Waals surface area contributed by atoms with Gasteiger partial charge in [0, 0.05) is 6.42 Å². The second kappa shape index (κ2) is 54.9. The van der Waals surface area contributed by atoms with Crippen molar-refractivity contribution in [1.29, 1.82) is 0 Å². The Balaban J connectivity index is 3.58. The van der Waals surface area contributed by atoms with E-state index in [9.17, 15) is 15.0 Å². The van der Waals surface area contributed by atoms with Gasteiger partial charge < -0.3 is 15.5 Å². The molecule has 0 saturated heterocycles. The number of aliphatic hydroxyl groups excluding tert-OH is 2. The van der Waals surface area contributed by atoms with Gasteiger partial charge >= 0.3 is 0 Å². The molecular weight excluding hydrogens is 783 g/mol. The maximum absolute atomic E-state index is 12.5. The van der Waals surface area contributed by atoms with Crippen LogP contribution in [0.1, 0.15) is 271 Å². The highest BCUT2D eigenvalue weighted by molar-refractivity contribution is 5.76. The summed E-state index contributed by atoms with van der Waals surface area (Å²) in [5, 5.41) is 23.1. The first-order valence-corrected chi connectivity index (χ1v) is 27.8. The molecule has 0 bridgehead atoms. The van der Waals surface area contributed by atoms with Gasteiger partial charge in [-0.3, -0.25) is 4.79 Å². The van der Waals surface area contributed by atoms with Crippen LogP contribution in [0.2, 0.25) is 0 Å². The third-order valence-electron chi connectivity index (χ3n) is 12.3. The quantitative estimate of drug-likeness (QED) is 0.0421. The molecule has 0 aromatic rings. The Bertz CT molecular complexity index is 1150. The minimum atomic E-state index is -0.875. The summed E-state index contributed by atoms with van der Waals surface area (Å²) < 4.78 is 0. The van der Waals surface area contributed by atoms with Gasteiger partial charge in [-0.15, -0.1) is 0 Å². The van der Waals surface area contributed by atoms with Gasteiger partial charge in [0.1, 0.15) is 0 Å². The molecule has 4 nitrogen and oxygen atoms in total. The topological polar surface area (TPSA) is 69.6 Å². The summed E-state index contributed by atoms with van der Waals surface area (Å²) >= 11 is 0. The zero-order valence-corrected chi connectivity index (χ0v) is 42.5. The summed E-state index contributed by atoms with van der Waals surface area (Å²) in [5.74, 6) is -0.0795. The minimum absolute atomic E-state index is 0.0795. The van der Waals surface area contributed by atoms with Crippen molar-refractivity contribution >= 4 is 5.91 Å². The molecule has 0 aliphatic carbocycles. The lowest BCUT2D eigenvalue weighted by atomic mass is 10.0. The number of allylic oxidation sites excluding steroid dienone is 13. The van der Waals surface area contributed by atoms with Crippen molar-refractivity contribution in [3.8, 4) is 0 Å². The van der Waals surface area contributed by atoms with Crippen molar-refractivity contribution in [1.82, 2.24) is 5.32 Å². The van der Waals surface area contributed by atoms with Crippen molar-refractivity contribution in [2.24, 2.45) is 0 Å². The van der Waals surface area contributed by atoms with Crippen molar-refractivity contribution < 1.29 is 15.0 Å². The summed E-state index contributed by atoms with van der Waals surface area (Å²) in [7, 11) is 0. The Kier molecular flexibility index (Phi) is 52.8. The molecule has 0 heterocycles. The van der Waals surface area contributed by atoms with Gasteiger partial charge in [-0.05, 0) is 83.5 Å². The molecule has 0 aliphatic heterocycles. The number of carbonyl (C=O) groups excluding carboxylic acids is 1. The van der Waals surface area contributed by atoms with Crippen LogP contribution in [0.5, 0.6) is 0 Å². The first kappa shape index (κ1) is 61.6. The van der Waals surface area contributed by atoms with E-state index >= 15 is 0 Å². The second-order valence-electron chi connectivity index (χ2n) is 18.6. The molecule has 2 unspecified atom stereocenters. The monoisotopic (exact) mass is 890 g/mol. The van der Waals surface area contributed by atoms with E-state index in [4.69, 9.17) is 0 Å². The Morgan fingerprint density at radius 1 is 0.391 bits per heavy atom. The van der Waals surface area contributed by atoms with Crippen LogP contribution in [0.15, 0.2) is 85.1 Å². The predicted molar refractivity (Wildman–Crippen MR) is 285 cm³/mol. The van der Waals surface area contributed by atoms with E-state index in [-0.39, 0.29) is 12.5 Å². The van der Waals surface area contributed by atoms with Gasteiger partial charge in [-0.25, -0.2) is 0 Å². The fourth-order valence-corrected chi connectivity index (χ4v) is 8.14. The molecule has 0 rings (SSSR count). The van der Waals surface area contributed by atoms with Crippen molar-refractivity contribution in [2.75, 3.05) is 6.61 Å². The van der Waals surface area contributed by atoms with E-state index in [1.54, 1.807) is 6.08 Å². The maximum Gasteiger partial charge on any atom is 0.220 e. The van der Waals surface area contributed by atoms with Crippen LogP contribution < -0.4 is 5.32 Å². The normalized spacial score (nSPS) is 13.5. The minimum Gasteiger partial charge on any atom is -0.394 e. The lowest BCUT2D eigenvalue weighted by molar-refractivity contribution is -0.123. The fourth-order valence-electron chi connectivity index (χ4n) is 8.14. The number of aliphatic hydroxyl groups is 2.